The van der Waals surface area contributed by atoms with Gasteiger partial charge < -0.3 is 9.84 Å². The maximum absolute atomic E-state index is 11.9. The van der Waals surface area contributed by atoms with E-state index in [2.05, 4.69) is 4.74 Å². The largest absolute Gasteiger partial charge is 0.396 e. The Kier molecular flexibility index (Phi) is 2.11. The highest BCUT2D eigenvalue weighted by molar-refractivity contribution is 4.79. The second-order valence-corrected chi connectivity index (χ2v) is 2.72. The molecule has 3 atom stereocenters. The molecule has 66 valence electrons. The van der Waals surface area contributed by atoms with Gasteiger partial charge in [-0.15, -0.1) is 0 Å². The topological polar surface area (TPSA) is 29.5 Å². The van der Waals surface area contributed by atoms with E-state index in [1.807, 2.05) is 0 Å². The molecule has 11 heavy (non-hydrogen) atoms. The Labute approximate surface area is 62.0 Å². The third kappa shape index (κ3) is 1.84. The number of ether oxygens (including phenoxy) is 1. The van der Waals surface area contributed by atoms with Gasteiger partial charge in [-0.3, -0.25) is 0 Å². The molecule has 0 aliphatic carbocycles. The van der Waals surface area contributed by atoms with Gasteiger partial charge in [-0.25, -0.2) is 0 Å². The fourth-order valence-corrected chi connectivity index (χ4v) is 1.16. The minimum atomic E-state index is -4.34. The maximum Gasteiger partial charge on any atom is 0.396 e. The second-order valence-electron chi connectivity index (χ2n) is 2.72. The zero-order valence-corrected chi connectivity index (χ0v) is 5.93. The summed E-state index contributed by atoms with van der Waals surface area (Å²) in [6.45, 7) is 1.51. The van der Waals surface area contributed by atoms with E-state index in [-0.39, 0.29) is 6.42 Å². The van der Waals surface area contributed by atoms with Gasteiger partial charge in [0.05, 0.1) is 6.10 Å². The monoisotopic (exact) mass is 170 g/mol. The van der Waals surface area contributed by atoms with Crippen molar-refractivity contribution in [1.82, 2.24) is 0 Å². The first-order valence-electron chi connectivity index (χ1n) is 3.31. The molecule has 5 heteroatoms. The number of hydrogen-bond donors (Lipinski definition) is 1. The van der Waals surface area contributed by atoms with Crippen LogP contribution in [0.5, 0.6) is 0 Å². The smallest absolute Gasteiger partial charge is 0.367 e. The zero-order chi connectivity index (χ0) is 8.65. The molecule has 0 radical (unpaired) electrons. The highest BCUT2D eigenvalue weighted by Gasteiger charge is 2.49. The summed E-state index contributed by atoms with van der Waals surface area (Å²) in [4.78, 5) is 0. The van der Waals surface area contributed by atoms with Crippen LogP contribution in [0.3, 0.4) is 0 Å². The van der Waals surface area contributed by atoms with Gasteiger partial charge in [0.2, 0.25) is 0 Å². The fraction of sp³-hybridized carbons (Fsp3) is 1.00. The Bertz CT molecular complexity index is 145. The molecular weight excluding hydrogens is 161 g/mol. The molecule has 2 nitrogen and oxygen atoms in total. The third-order valence-electron chi connectivity index (χ3n) is 1.72. The predicted molar refractivity (Wildman–Crippen MR) is 30.7 cm³/mol. The highest BCUT2D eigenvalue weighted by Crippen LogP contribution is 2.38. The van der Waals surface area contributed by atoms with Gasteiger partial charge in [-0.05, 0) is 13.3 Å². The maximum atomic E-state index is 11.9. The van der Waals surface area contributed by atoms with Gasteiger partial charge in [0.25, 0.3) is 0 Å². The standard InChI is InChI=1S/C6H9F3O2/c1-3-2-4(5(10)11-3)6(7,8)9/h3-5,10H,2H2,1H3/t3-,4+,5?/m1/s1. The summed E-state index contributed by atoms with van der Waals surface area (Å²) in [5, 5.41) is 8.75. The van der Waals surface area contributed by atoms with E-state index in [0.29, 0.717) is 0 Å². The van der Waals surface area contributed by atoms with Crippen LogP contribution in [-0.4, -0.2) is 23.7 Å². The van der Waals surface area contributed by atoms with Crippen molar-refractivity contribution < 1.29 is 23.0 Å². The van der Waals surface area contributed by atoms with Crippen LogP contribution < -0.4 is 0 Å². The normalized spacial score (nSPS) is 39.5. The van der Waals surface area contributed by atoms with Gasteiger partial charge in [0, 0.05) is 0 Å². The molecule has 0 bridgehead atoms. The number of halogens is 3. The first-order chi connectivity index (χ1) is 4.91. The number of aliphatic hydroxyl groups excluding tert-OH is 1. The molecule has 0 aromatic rings. The summed E-state index contributed by atoms with van der Waals surface area (Å²) in [7, 11) is 0. The van der Waals surface area contributed by atoms with Crippen molar-refractivity contribution in [2.75, 3.05) is 0 Å². The molecule has 1 aliphatic heterocycles. The summed E-state index contributed by atoms with van der Waals surface area (Å²) in [6, 6.07) is 0. The molecular formula is C6H9F3O2. The summed E-state index contributed by atoms with van der Waals surface area (Å²) < 4.78 is 40.4. The van der Waals surface area contributed by atoms with Gasteiger partial charge in [0.15, 0.2) is 6.29 Å². The molecule has 1 N–H and O–H groups in total. The Hall–Kier alpha value is -0.290. The predicted octanol–water partition coefficient (Wildman–Crippen LogP) is 1.29. The van der Waals surface area contributed by atoms with Crippen LogP contribution in [0.4, 0.5) is 13.2 Å². The molecule has 0 spiro atoms. The van der Waals surface area contributed by atoms with Crippen LogP contribution in [0.2, 0.25) is 0 Å². The lowest BCUT2D eigenvalue weighted by molar-refractivity contribution is -0.222. The summed E-state index contributed by atoms with van der Waals surface area (Å²) in [5.41, 5.74) is 0. The molecule has 0 aromatic heterocycles. The van der Waals surface area contributed by atoms with Crippen molar-refractivity contribution in [3.05, 3.63) is 0 Å². The quantitative estimate of drug-likeness (QED) is 0.593. The Balaban J connectivity index is 2.60. The highest BCUT2D eigenvalue weighted by atomic mass is 19.4. The lowest BCUT2D eigenvalue weighted by atomic mass is 10.1. The van der Waals surface area contributed by atoms with Gasteiger partial charge in [-0.2, -0.15) is 13.2 Å². The van der Waals surface area contributed by atoms with Gasteiger partial charge in [0.1, 0.15) is 5.92 Å². The fourth-order valence-electron chi connectivity index (χ4n) is 1.16. The molecule has 1 aliphatic rings. The average Bonchev–Trinajstić information content (AvgIpc) is 2.08. The number of hydrogen-bond acceptors (Lipinski definition) is 2. The van der Waals surface area contributed by atoms with Gasteiger partial charge >= 0.3 is 6.18 Å². The molecule has 1 rings (SSSR count). The van der Waals surface area contributed by atoms with Crippen molar-refractivity contribution in [1.29, 1.82) is 0 Å². The minimum Gasteiger partial charge on any atom is -0.367 e. The van der Waals surface area contributed by atoms with Crippen LogP contribution in [-0.2, 0) is 4.74 Å². The van der Waals surface area contributed by atoms with Crippen LogP contribution in [0.15, 0.2) is 0 Å². The van der Waals surface area contributed by atoms with E-state index >= 15 is 0 Å². The number of alkyl halides is 3. The molecule has 0 amide bonds. The first kappa shape index (κ1) is 8.80. The van der Waals surface area contributed by atoms with E-state index in [9.17, 15) is 13.2 Å². The average molecular weight is 170 g/mol. The van der Waals surface area contributed by atoms with Crippen LogP contribution in [0, 0.1) is 5.92 Å². The van der Waals surface area contributed by atoms with E-state index in [0.717, 1.165) is 0 Å². The van der Waals surface area contributed by atoms with E-state index in [4.69, 9.17) is 5.11 Å². The number of rotatable bonds is 0. The summed E-state index contributed by atoms with van der Waals surface area (Å²) in [6.07, 6.45) is -6.67. The minimum absolute atomic E-state index is 0.148. The van der Waals surface area contributed by atoms with E-state index < -0.39 is 24.5 Å². The summed E-state index contributed by atoms with van der Waals surface area (Å²) in [5.74, 6) is -1.71. The third-order valence-corrected chi connectivity index (χ3v) is 1.72. The van der Waals surface area contributed by atoms with E-state index in [1.165, 1.54) is 6.92 Å². The zero-order valence-electron chi connectivity index (χ0n) is 5.93. The van der Waals surface area contributed by atoms with E-state index in [1.54, 1.807) is 0 Å². The van der Waals surface area contributed by atoms with Crippen molar-refractivity contribution in [2.45, 2.75) is 31.9 Å². The van der Waals surface area contributed by atoms with Crippen molar-refractivity contribution >= 4 is 0 Å². The summed E-state index contributed by atoms with van der Waals surface area (Å²) >= 11 is 0. The Morgan fingerprint density at radius 2 is 2.00 bits per heavy atom. The first-order valence-corrected chi connectivity index (χ1v) is 3.31. The van der Waals surface area contributed by atoms with Gasteiger partial charge in [-0.1, -0.05) is 0 Å². The van der Waals surface area contributed by atoms with Crippen molar-refractivity contribution in [3.63, 3.8) is 0 Å². The lowest BCUT2D eigenvalue weighted by Gasteiger charge is -2.15. The lowest BCUT2D eigenvalue weighted by Crippen LogP contribution is -2.30. The molecule has 0 saturated carbocycles. The number of aliphatic hydroxyl groups is 1. The van der Waals surface area contributed by atoms with Crippen LogP contribution in [0.25, 0.3) is 0 Å². The Morgan fingerprint density at radius 3 is 2.18 bits per heavy atom. The molecule has 1 heterocycles. The SMILES string of the molecule is C[C@@H]1C[C@H](C(F)(F)F)C(O)O1. The molecule has 0 aromatic carbocycles. The van der Waals surface area contributed by atoms with Crippen molar-refractivity contribution in [2.24, 2.45) is 5.92 Å². The second kappa shape index (κ2) is 2.64. The molecule has 1 fully saturated rings. The van der Waals surface area contributed by atoms with Crippen LogP contribution in [0.1, 0.15) is 13.3 Å². The van der Waals surface area contributed by atoms with Crippen molar-refractivity contribution in [3.8, 4) is 0 Å². The molecule has 1 unspecified atom stereocenters. The Morgan fingerprint density at radius 1 is 1.45 bits per heavy atom. The molecule has 1 saturated heterocycles. The van der Waals surface area contributed by atoms with Crippen LogP contribution >= 0.6 is 0 Å².